The Morgan fingerprint density at radius 2 is 2.47 bits per heavy atom. The number of furan rings is 1. The van der Waals surface area contributed by atoms with E-state index in [2.05, 4.69) is 24.1 Å². The van der Waals surface area contributed by atoms with Crippen LogP contribution in [0.3, 0.4) is 0 Å². The van der Waals surface area contributed by atoms with Gasteiger partial charge in [0.1, 0.15) is 5.76 Å². The molecule has 84 valence electrons. The topological polar surface area (TPSA) is 28.4 Å². The summed E-state index contributed by atoms with van der Waals surface area (Å²) in [5.74, 6) is 1.11. The molecule has 15 heavy (non-hydrogen) atoms. The second-order valence-corrected chi connectivity index (χ2v) is 4.24. The van der Waals surface area contributed by atoms with Crippen molar-refractivity contribution in [1.29, 1.82) is 0 Å². The van der Waals surface area contributed by atoms with Crippen molar-refractivity contribution in [3.8, 4) is 0 Å². The first-order chi connectivity index (χ1) is 7.31. The standard InChI is InChI=1S/C12H20N2O/c1-3-14(11-4-6-13-8-11)9-12-10(2)5-7-15-12/h5,7,11,13H,3-4,6,8-9H2,1-2H3. The quantitative estimate of drug-likeness (QED) is 0.817. The fourth-order valence-electron chi connectivity index (χ4n) is 2.20. The summed E-state index contributed by atoms with van der Waals surface area (Å²) in [6.07, 6.45) is 3.04. The molecule has 0 amide bonds. The molecule has 0 bridgehead atoms. The third kappa shape index (κ3) is 2.41. The zero-order valence-corrected chi connectivity index (χ0v) is 9.62. The molecule has 0 radical (unpaired) electrons. The molecule has 1 aliphatic heterocycles. The van der Waals surface area contributed by atoms with E-state index in [1.165, 1.54) is 12.0 Å². The Balaban J connectivity index is 1.98. The molecule has 2 heterocycles. The van der Waals surface area contributed by atoms with Crippen LogP contribution in [0.25, 0.3) is 0 Å². The number of nitrogens with one attached hydrogen (secondary N) is 1. The highest BCUT2D eigenvalue weighted by Crippen LogP contribution is 2.16. The van der Waals surface area contributed by atoms with Gasteiger partial charge in [-0.25, -0.2) is 0 Å². The molecule has 1 aromatic heterocycles. The molecule has 1 N–H and O–H groups in total. The lowest BCUT2D eigenvalue weighted by Gasteiger charge is -2.26. The Morgan fingerprint density at radius 1 is 1.60 bits per heavy atom. The number of rotatable bonds is 4. The van der Waals surface area contributed by atoms with Gasteiger partial charge in [-0.05, 0) is 38.1 Å². The first kappa shape index (κ1) is 10.7. The summed E-state index contributed by atoms with van der Waals surface area (Å²) in [6, 6.07) is 2.72. The lowest BCUT2D eigenvalue weighted by atomic mass is 10.2. The van der Waals surface area contributed by atoms with Gasteiger partial charge in [0, 0.05) is 12.6 Å². The Labute approximate surface area is 91.4 Å². The summed E-state index contributed by atoms with van der Waals surface area (Å²) in [7, 11) is 0. The van der Waals surface area contributed by atoms with Crippen LogP contribution < -0.4 is 5.32 Å². The molecule has 3 heteroatoms. The van der Waals surface area contributed by atoms with Gasteiger partial charge in [-0.1, -0.05) is 6.92 Å². The van der Waals surface area contributed by atoms with Gasteiger partial charge in [0.2, 0.25) is 0 Å². The first-order valence-corrected chi connectivity index (χ1v) is 5.79. The van der Waals surface area contributed by atoms with Crippen LogP contribution in [0.15, 0.2) is 16.7 Å². The molecule has 2 rings (SSSR count). The molecule has 3 nitrogen and oxygen atoms in total. The van der Waals surface area contributed by atoms with E-state index in [-0.39, 0.29) is 0 Å². The van der Waals surface area contributed by atoms with Gasteiger partial charge in [0.05, 0.1) is 12.8 Å². The second-order valence-electron chi connectivity index (χ2n) is 4.24. The van der Waals surface area contributed by atoms with Crippen LogP contribution in [0.2, 0.25) is 0 Å². The zero-order chi connectivity index (χ0) is 10.7. The molecule has 0 aliphatic carbocycles. The fraction of sp³-hybridized carbons (Fsp3) is 0.667. The van der Waals surface area contributed by atoms with Gasteiger partial charge < -0.3 is 9.73 Å². The minimum Gasteiger partial charge on any atom is -0.468 e. The van der Waals surface area contributed by atoms with E-state index in [1.807, 2.05) is 6.07 Å². The van der Waals surface area contributed by atoms with Gasteiger partial charge in [0.25, 0.3) is 0 Å². The molecule has 0 aromatic carbocycles. The van der Waals surface area contributed by atoms with Crippen LogP contribution >= 0.6 is 0 Å². The highest BCUT2D eigenvalue weighted by Gasteiger charge is 2.22. The summed E-state index contributed by atoms with van der Waals surface area (Å²) >= 11 is 0. The van der Waals surface area contributed by atoms with Gasteiger partial charge in [0.15, 0.2) is 0 Å². The van der Waals surface area contributed by atoms with Crippen molar-refractivity contribution in [2.24, 2.45) is 0 Å². The van der Waals surface area contributed by atoms with E-state index in [9.17, 15) is 0 Å². The van der Waals surface area contributed by atoms with Gasteiger partial charge in [-0.2, -0.15) is 0 Å². The average Bonchev–Trinajstić information content (AvgIpc) is 2.86. The molecule has 0 spiro atoms. The monoisotopic (exact) mass is 208 g/mol. The van der Waals surface area contributed by atoms with Crippen molar-refractivity contribution in [3.05, 3.63) is 23.7 Å². The van der Waals surface area contributed by atoms with Crippen molar-refractivity contribution in [2.45, 2.75) is 32.9 Å². The molecular formula is C12H20N2O. The van der Waals surface area contributed by atoms with E-state index >= 15 is 0 Å². The number of hydrogen-bond acceptors (Lipinski definition) is 3. The molecule has 1 saturated heterocycles. The maximum absolute atomic E-state index is 5.49. The Bertz CT molecular complexity index is 302. The van der Waals surface area contributed by atoms with Crippen LogP contribution in [-0.4, -0.2) is 30.6 Å². The normalized spacial score (nSPS) is 21.4. The van der Waals surface area contributed by atoms with Crippen LogP contribution in [0.1, 0.15) is 24.7 Å². The van der Waals surface area contributed by atoms with Gasteiger partial charge >= 0.3 is 0 Å². The second kappa shape index (κ2) is 4.81. The minimum atomic E-state index is 0.680. The largest absolute Gasteiger partial charge is 0.468 e. The lowest BCUT2D eigenvalue weighted by molar-refractivity contribution is 0.194. The Kier molecular flexibility index (Phi) is 3.44. The number of aryl methyl sites for hydroxylation is 1. The molecule has 0 saturated carbocycles. The Morgan fingerprint density at radius 3 is 3.00 bits per heavy atom. The smallest absolute Gasteiger partial charge is 0.120 e. The van der Waals surface area contributed by atoms with Crippen molar-refractivity contribution in [3.63, 3.8) is 0 Å². The van der Waals surface area contributed by atoms with E-state index in [0.29, 0.717) is 6.04 Å². The highest BCUT2D eigenvalue weighted by atomic mass is 16.3. The number of likely N-dealkylation sites (N-methyl/N-ethyl adjacent to an activating group) is 1. The van der Waals surface area contributed by atoms with E-state index in [0.717, 1.165) is 31.9 Å². The molecule has 1 aromatic rings. The molecule has 1 unspecified atom stereocenters. The lowest BCUT2D eigenvalue weighted by Crippen LogP contribution is -2.36. The summed E-state index contributed by atoms with van der Waals surface area (Å²) in [6.45, 7) is 8.64. The SMILES string of the molecule is CCN(Cc1occc1C)C1CCNC1. The maximum Gasteiger partial charge on any atom is 0.120 e. The summed E-state index contributed by atoms with van der Waals surface area (Å²) in [4.78, 5) is 2.49. The van der Waals surface area contributed by atoms with Crippen LogP contribution in [-0.2, 0) is 6.54 Å². The van der Waals surface area contributed by atoms with E-state index in [4.69, 9.17) is 4.42 Å². The third-order valence-electron chi connectivity index (χ3n) is 3.27. The van der Waals surface area contributed by atoms with Crippen LogP contribution in [0.4, 0.5) is 0 Å². The Hall–Kier alpha value is -0.800. The van der Waals surface area contributed by atoms with Crippen LogP contribution in [0, 0.1) is 6.92 Å². The molecule has 1 fully saturated rings. The maximum atomic E-state index is 5.49. The van der Waals surface area contributed by atoms with E-state index < -0.39 is 0 Å². The van der Waals surface area contributed by atoms with Crippen molar-refractivity contribution >= 4 is 0 Å². The predicted octanol–water partition coefficient (Wildman–Crippen LogP) is 1.77. The molecule has 1 aliphatic rings. The zero-order valence-electron chi connectivity index (χ0n) is 9.62. The highest BCUT2D eigenvalue weighted by molar-refractivity contribution is 5.14. The predicted molar refractivity (Wildman–Crippen MR) is 60.8 cm³/mol. The van der Waals surface area contributed by atoms with Gasteiger partial charge in [-0.15, -0.1) is 0 Å². The summed E-state index contributed by atoms with van der Waals surface area (Å²) < 4.78 is 5.49. The molecular weight excluding hydrogens is 188 g/mol. The van der Waals surface area contributed by atoms with Crippen molar-refractivity contribution in [2.75, 3.05) is 19.6 Å². The number of nitrogens with zero attached hydrogens (tertiary/aromatic N) is 1. The summed E-state index contributed by atoms with van der Waals surface area (Å²) in [5.41, 5.74) is 1.26. The van der Waals surface area contributed by atoms with Crippen LogP contribution in [0.5, 0.6) is 0 Å². The van der Waals surface area contributed by atoms with Crippen molar-refractivity contribution < 1.29 is 4.42 Å². The van der Waals surface area contributed by atoms with Crippen molar-refractivity contribution in [1.82, 2.24) is 10.2 Å². The van der Waals surface area contributed by atoms with Gasteiger partial charge in [-0.3, -0.25) is 4.90 Å². The first-order valence-electron chi connectivity index (χ1n) is 5.79. The minimum absolute atomic E-state index is 0.680. The average molecular weight is 208 g/mol. The fourth-order valence-corrected chi connectivity index (χ4v) is 2.20. The number of hydrogen-bond donors (Lipinski definition) is 1. The van der Waals surface area contributed by atoms with E-state index in [1.54, 1.807) is 6.26 Å². The third-order valence-corrected chi connectivity index (χ3v) is 3.27. The molecule has 1 atom stereocenters. The summed E-state index contributed by atoms with van der Waals surface area (Å²) in [5, 5.41) is 3.41.